The van der Waals surface area contributed by atoms with Gasteiger partial charge in [0.05, 0.1) is 19.8 Å². The molecule has 0 saturated heterocycles. The van der Waals surface area contributed by atoms with E-state index in [0.29, 0.717) is 18.0 Å². The summed E-state index contributed by atoms with van der Waals surface area (Å²) in [4.78, 5) is 25.0. The Morgan fingerprint density at radius 2 is 1.96 bits per heavy atom. The first-order chi connectivity index (χ1) is 13.4. The minimum atomic E-state index is -0.881. The SMILES string of the molecule is COc1cc(/C=C/C(=O)O[C@@H](C)C(=O)NCc2cccs2)ccc1OC(C)C. The van der Waals surface area contributed by atoms with Crippen LogP contribution in [0.2, 0.25) is 0 Å². The van der Waals surface area contributed by atoms with Gasteiger partial charge in [-0.05, 0) is 56.0 Å². The lowest BCUT2D eigenvalue weighted by Gasteiger charge is -2.14. The summed E-state index contributed by atoms with van der Waals surface area (Å²) in [7, 11) is 1.56. The fourth-order valence-corrected chi connectivity index (χ4v) is 2.95. The number of carbonyl (C=O) groups excluding carboxylic acids is 2. The monoisotopic (exact) mass is 403 g/mol. The first-order valence-corrected chi connectivity index (χ1v) is 9.80. The lowest BCUT2D eigenvalue weighted by atomic mass is 10.2. The molecule has 1 aromatic heterocycles. The average molecular weight is 404 g/mol. The van der Waals surface area contributed by atoms with Crippen LogP contribution in [0.3, 0.4) is 0 Å². The third kappa shape index (κ3) is 6.74. The zero-order chi connectivity index (χ0) is 20.5. The Kier molecular flexibility index (Phi) is 8.07. The van der Waals surface area contributed by atoms with Gasteiger partial charge in [-0.25, -0.2) is 4.79 Å². The Labute approximate surface area is 169 Å². The first kappa shape index (κ1) is 21.5. The molecule has 0 fully saturated rings. The van der Waals surface area contributed by atoms with E-state index < -0.39 is 12.1 Å². The molecule has 0 spiro atoms. The van der Waals surface area contributed by atoms with Crippen molar-refractivity contribution in [3.8, 4) is 11.5 Å². The second-order valence-corrected chi connectivity index (χ2v) is 7.32. The molecular weight excluding hydrogens is 378 g/mol. The summed E-state index contributed by atoms with van der Waals surface area (Å²) in [6, 6.07) is 9.19. The molecule has 0 unspecified atom stereocenters. The van der Waals surface area contributed by atoms with E-state index in [2.05, 4.69) is 5.32 Å². The van der Waals surface area contributed by atoms with Crippen molar-refractivity contribution in [2.24, 2.45) is 0 Å². The van der Waals surface area contributed by atoms with Crippen molar-refractivity contribution < 1.29 is 23.8 Å². The number of hydrogen-bond acceptors (Lipinski definition) is 6. The Morgan fingerprint density at radius 1 is 1.18 bits per heavy atom. The number of thiophene rings is 1. The van der Waals surface area contributed by atoms with Crippen LogP contribution in [0.15, 0.2) is 41.8 Å². The van der Waals surface area contributed by atoms with Crippen molar-refractivity contribution in [3.63, 3.8) is 0 Å². The largest absolute Gasteiger partial charge is 0.493 e. The molecule has 2 aromatic rings. The van der Waals surface area contributed by atoms with Crippen molar-refractivity contribution in [1.29, 1.82) is 0 Å². The molecule has 1 atom stereocenters. The maximum Gasteiger partial charge on any atom is 0.331 e. The summed E-state index contributed by atoms with van der Waals surface area (Å²) < 4.78 is 16.1. The molecule has 6 nitrogen and oxygen atoms in total. The minimum absolute atomic E-state index is 0.0257. The van der Waals surface area contributed by atoms with Crippen LogP contribution >= 0.6 is 11.3 Å². The molecule has 0 bridgehead atoms. The molecule has 28 heavy (non-hydrogen) atoms. The molecule has 7 heteroatoms. The van der Waals surface area contributed by atoms with Crippen molar-refractivity contribution in [2.75, 3.05) is 7.11 Å². The maximum absolute atomic E-state index is 12.0. The highest BCUT2D eigenvalue weighted by Crippen LogP contribution is 2.29. The Bertz CT molecular complexity index is 814. The van der Waals surface area contributed by atoms with Crippen LogP contribution in [0.1, 0.15) is 31.2 Å². The molecular formula is C21H25NO5S. The summed E-state index contributed by atoms with van der Waals surface area (Å²) >= 11 is 1.55. The lowest BCUT2D eigenvalue weighted by Crippen LogP contribution is -2.34. The number of nitrogens with one attached hydrogen (secondary N) is 1. The Balaban J connectivity index is 1.89. The van der Waals surface area contributed by atoms with Crippen LogP contribution in [0, 0.1) is 0 Å². The Hall–Kier alpha value is -2.80. The number of carbonyl (C=O) groups is 2. The molecule has 2 rings (SSSR count). The highest BCUT2D eigenvalue weighted by atomic mass is 32.1. The van der Waals surface area contributed by atoms with E-state index in [1.54, 1.807) is 42.7 Å². The summed E-state index contributed by atoms with van der Waals surface area (Å²) in [5, 5.41) is 4.68. The van der Waals surface area contributed by atoms with Gasteiger partial charge in [0.2, 0.25) is 0 Å². The molecule has 1 heterocycles. The van der Waals surface area contributed by atoms with E-state index in [1.807, 2.05) is 31.4 Å². The van der Waals surface area contributed by atoms with E-state index in [4.69, 9.17) is 14.2 Å². The van der Waals surface area contributed by atoms with E-state index in [1.165, 1.54) is 13.0 Å². The summed E-state index contributed by atoms with van der Waals surface area (Å²) in [6.45, 7) is 5.82. The molecule has 0 radical (unpaired) electrons. The predicted octanol–water partition coefficient (Wildman–Crippen LogP) is 3.81. The molecule has 0 aliphatic carbocycles. The smallest absolute Gasteiger partial charge is 0.331 e. The minimum Gasteiger partial charge on any atom is -0.493 e. The van der Waals surface area contributed by atoms with Gasteiger partial charge in [-0.15, -0.1) is 11.3 Å². The van der Waals surface area contributed by atoms with Crippen LogP contribution in [-0.2, 0) is 20.9 Å². The van der Waals surface area contributed by atoms with E-state index in [0.717, 1.165) is 10.4 Å². The summed E-state index contributed by atoms with van der Waals surface area (Å²) in [5.41, 5.74) is 0.750. The topological polar surface area (TPSA) is 73.9 Å². The third-order valence-electron chi connectivity index (χ3n) is 3.64. The van der Waals surface area contributed by atoms with Gasteiger partial charge in [0.1, 0.15) is 0 Å². The van der Waals surface area contributed by atoms with Gasteiger partial charge < -0.3 is 19.5 Å². The number of esters is 1. The number of amides is 1. The number of rotatable bonds is 9. The second kappa shape index (κ2) is 10.5. The number of methoxy groups -OCH3 is 1. The summed E-state index contributed by atoms with van der Waals surface area (Å²) in [6.07, 6.45) is 2.02. The number of hydrogen-bond donors (Lipinski definition) is 1. The van der Waals surface area contributed by atoms with E-state index >= 15 is 0 Å². The maximum atomic E-state index is 12.0. The van der Waals surface area contributed by atoms with Crippen molar-refractivity contribution in [2.45, 2.75) is 39.5 Å². The fourth-order valence-electron chi connectivity index (χ4n) is 2.30. The van der Waals surface area contributed by atoms with Crippen LogP contribution in [0.25, 0.3) is 6.08 Å². The first-order valence-electron chi connectivity index (χ1n) is 8.92. The molecule has 1 N–H and O–H groups in total. The molecule has 0 aliphatic rings. The highest BCUT2D eigenvalue weighted by Gasteiger charge is 2.16. The van der Waals surface area contributed by atoms with Crippen molar-refractivity contribution >= 4 is 29.3 Å². The van der Waals surface area contributed by atoms with Gasteiger partial charge in [-0.1, -0.05) is 12.1 Å². The molecule has 0 aliphatic heterocycles. The van der Waals surface area contributed by atoms with Gasteiger partial charge in [-0.3, -0.25) is 4.79 Å². The fraction of sp³-hybridized carbons (Fsp3) is 0.333. The van der Waals surface area contributed by atoms with Gasteiger partial charge in [0.15, 0.2) is 17.6 Å². The zero-order valence-electron chi connectivity index (χ0n) is 16.4. The van der Waals surface area contributed by atoms with Gasteiger partial charge in [-0.2, -0.15) is 0 Å². The zero-order valence-corrected chi connectivity index (χ0v) is 17.2. The number of benzene rings is 1. The van der Waals surface area contributed by atoms with Crippen molar-refractivity contribution in [3.05, 3.63) is 52.2 Å². The van der Waals surface area contributed by atoms with Crippen LogP contribution in [0.4, 0.5) is 0 Å². The van der Waals surface area contributed by atoms with E-state index in [-0.39, 0.29) is 12.0 Å². The van der Waals surface area contributed by atoms with Crippen molar-refractivity contribution in [1.82, 2.24) is 5.32 Å². The molecule has 1 aromatic carbocycles. The quantitative estimate of drug-likeness (QED) is 0.509. The second-order valence-electron chi connectivity index (χ2n) is 6.29. The molecule has 1 amide bonds. The predicted molar refractivity (Wildman–Crippen MR) is 110 cm³/mol. The third-order valence-corrected chi connectivity index (χ3v) is 4.52. The molecule has 0 saturated carbocycles. The van der Waals surface area contributed by atoms with Crippen LogP contribution in [-0.4, -0.2) is 31.2 Å². The van der Waals surface area contributed by atoms with Crippen LogP contribution < -0.4 is 14.8 Å². The van der Waals surface area contributed by atoms with Crippen LogP contribution in [0.5, 0.6) is 11.5 Å². The normalized spacial score (nSPS) is 12.0. The van der Waals surface area contributed by atoms with Gasteiger partial charge in [0.25, 0.3) is 5.91 Å². The Morgan fingerprint density at radius 3 is 2.61 bits per heavy atom. The average Bonchev–Trinajstić information content (AvgIpc) is 3.18. The summed E-state index contributed by atoms with van der Waals surface area (Å²) in [5.74, 6) is 0.269. The van der Waals surface area contributed by atoms with Gasteiger partial charge in [0, 0.05) is 11.0 Å². The molecule has 150 valence electrons. The van der Waals surface area contributed by atoms with Gasteiger partial charge >= 0.3 is 5.97 Å². The number of ether oxygens (including phenoxy) is 3. The van der Waals surface area contributed by atoms with E-state index in [9.17, 15) is 9.59 Å². The standard InChI is InChI=1S/C21H25NO5S/c1-14(2)26-18-9-7-16(12-19(18)25-4)8-10-20(23)27-15(3)21(24)22-13-17-6-5-11-28-17/h5-12,14-15H,13H2,1-4H3,(H,22,24)/b10-8+/t15-/m0/s1. The lowest BCUT2D eigenvalue weighted by molar-refractivity contribution is -0.150. The highest BCUT2D eigenvalue weighted by molar-refractivity contribution is 7.09.